The van der Waals surface area contributed by atoms with E-state index in [0.717, 1.165) is 12.3 Å². The summed E-state index contributed by atoms with van der Waals surface area (Å²) >= 11 is 0. The molecule has 0 fully saturated rings. The first-order valence-corrected chi connectivity index (χ1v) is 9.08. The third-order valence-corrected chi connectivity index (χ3v) is 3.94. The van der Waals surface area contributed by atoms with Crippen LogP contribution in [0.3, 0.4) is 0 Å². The second-order valence-electron chi connectivity index (χ2n) is 6.27. The van der Waals surface area contributed by atoms with Crippen molar-refractivity contribution in [2.45, 2.75) is 65.7 Å². The fraction of sp³-hybridized carbons (Fsp3) is 0.500. The predicted octanol–water partition coefficient (Wildman–Crippen LogP) is 6.55. The lowest BCUT2D eigenvalue weighted by atomic mass is 10.1. The van der Waals surface area contributed by atoms with Gasteiger partial charge in [0.25, 0.3) is 0 Å². The summed E-state index contributed by atoms with van der Waals surface area (Å²) in [7, 11) is 0. The van der Waals surface area contributed by atoms with Gasteiger partial charge in [-0.3, -0.25) is 4.99 Å². The lowest BCUT2D eigenvalue weighted by Gasteiger charge is -2.02. The number of nitrogens with zero attached hydrogens (tertiary/aromatic N) is 1. The highest BCUT2D eigenvalue weighted by molar-refractivity contribution is 5.93. The number of hydrogen-bond acceptors (Lipinski definition) is 1. The molecule has 0 atom stereocenters. The van der Waals surface area contributed by atoms with E-state index in [2.05, 4.69) is 67.4 Å². The van der Waals surface area contributed by atoms with Crippen LogP contribution in [0.25, 0.3) is 0 Å². The standard InChI is InChI=1S/C22H33N/c1-4-14-20(2)19-21(3)23-18-13-8-6-5-7-10-15-22-16-11-9-12-17-22/h4,9,11-12,14,16-17,19H,5-8,10,13,15,18H2,1-3H3/b14-4-,20-19-,23-21?. The van der Waals surface area contributed by atoms with Crippen LogP contribution < -0.4 is 0 Å². The summed E-state index contributed by atoms with van der Waals surface area (Å²) in [6, 6.07) is 10.8. The summed E-state index contributed by atoms with van der Waals surface area (Å²) in [5.74, 6) is 0. The highest BCUT2D eigenvalue weighted by Gasteiger charge is 1.94. The molecule has 0 bridgehead atoms. The molecule has 0 aliphatic rings. The molecule has 1 aromatic carbocycles. The van der Waals surface area contributed by atoms with E-state index >= 15 is 0 Å². The monoisotopic (exact) mass is 311 g/mol. The first kappa shape index (κ1) is 19.4. The van der Waals surface area contributed by atoms with Crippen molar-refractivity contribution in [3.63, 3.8) is 0 Å². The van der Waals surface area contributed by atoms with Crippen molar-refractivity contribution in [1.29, 1.82) is 0 Å². The van der Waals surface area contributed by atoms with Crippen molar-refractivity contribution in [2.24, 2.45) is 4.99 Å². The Morgan fingerprint density at radius 1 is 0.913 bits per heavy atom. The van der Waals surface area contributed by atoms with Gasteiger partial charge in [0.15, 0.2) is 0 Å². The van der Waals surface area contributed by atoms with Gasteiger partial charge in [0.1, 0.15) is 0 Å². The van der Waals surface area contributed by atoms with E-state index in [4.69, 9.17) is 0 Å². The zero-order chi connectivity index (χ0) is 16.8. The number of benzene rings is 1. The van der Waals surface area contributed by atoms with Gasteiger partial charge in [-0.2, -0.15) is 0 Å². The molecule has 0 aliphatic carbocycles. The Morgan fingerprint density at radius 2 is 1.57 bits per heavy atom. The molecule has 0 heterocycles. The van der Waals surface area contributed by atoms with Crippen LogP contribution in [-0.4, -0.2) is 12.3 Å². The fourth-order valence-electron chi connectivity index (χ4n) is 2.73. The van der Waals surface area contributed by atoms with Crippen LogP contribution in [0.1, 0.15) is 64.9 Å². The quantitative estimate of drug-likeness (QED) is 0.249. The van der Waals surface area contributed by atoms with Gasteiger partial charge in [0, 0.05) is 12.3 Å². The van der Waals surface area contributed by atoms with Gasteiger partial charge in [-0.05, 0) is 57.2 Å². The molecule has 0 amide bonds. The number of aliphatic imine (C=N–C) groups is 1. The third kappa shape index (κ3) is 10.7. The summed E-state index contributed by atoms with van der Waals surface area (Å²) in [6.07, 6.45) is 15.5. The second-order valence-corrected chi connectivity index (χ2v) is 6.27. The lowest BCUT2D eigenvalue weighted by Crippen LogP contribution is -1.91. The smallest absolute Gasteiger partial charge is 0.0392 e. The normalized spacial score (nSPS) is 13.0. The Balaban J connectivity index is 2.00. The molecule has 0 spiro atoms. The molecule has 1 rings (SSSR count). The van der Waals surface area contributed by atoms with E-state index in [1.807, 2.05) is 6.92 Å². The highest BCUT2D eigenvalue weighted by Crippen LogP contribution is 2.10. The summed E-state index contributed by atoms with van der Waals surface area (Å²) in [5, 5.41) is 0. The molecule has 1 nitrogen and oxygen atoms in total. The van der Waals surface area contributed by atoms with Crippen LogP contribution in [0.4, 0.5) is 0 Å². The van der Waals surface area contributed by atoms with Crippen LogP contribution in [0.2, 0.25) is 0 Å². The molecule has 0 N–H and O–H groups in total. The predicted molar refractivity (Wildman–Crippen MR) is 104 cm³/mol. The molecule has 126 valence electrons. The maximum atomic E-state index is 4.63. The zero-order valence-electron chi connectivity index (χ0n) is 15.2. The van der Waals surface area contributed by atoms with E-state index in [1.54, 1.807) is 0 Å². The van der Waals surface area contributed by atoms with E-state index in [9.17, 15) is 0 Å². The molecule has 0 aromatic heterocycles. The van der Waals surface area contributed by atoms with Crippen molar-refractivity contribution in [3.05, 3.63) is 59.7 Å². The van der Waals surface area contributed by atoms with Crippen molar-refractivity contribution in [3.8, 4) is 0 Å². The number of aryl methyl sites for hydroxylation is 1. The van der Waals surface area contributed by atoms with Gasteiger partial charge in [-0.25, -0.2) is 0 Å². The zero-order valence-corrected chi connectivity index (χ0v) is 15.2. The van der Waals surface area contributed by atoms with E-state index in [0.29, 0.717) is 0 Å². The largest absolute Gasteiger partial charge is 0.290 e. The van der Waals surface area contributed by atoms with Crippen molar-refractivity contribution < 1.29 is 0 Å². The van der Waals surface area contributed by atoms with Crippen LogP contribution >= 0.6 is 0 Å². The van der Waals surface area contributed by atoms with Crippen molar-refractivity contribution in [1.82, 2.24) is 0 Å². The number of allylic oxidation sites excluding steroid dienone is 4. The van der Waals surface area contributed by atoms with Gasteiger partial charge < -0.3 is 0 Å². The van der Waals surface area contributed by atoms with Crippen molar-refractivity contribution in [2.75, 3.05) is 6.54 Å². The molecule has 0 radical (unpaired) electrons. The third-order valence-electron chi connectivity index (χ3n) is 3.94. The van der Waals surface area contributed by atoms with E-state index in [-0.39, 0.29) is 0 Å². The molecule has 0 aliphatic heterocycles. The minimum absolute atomic E-state index is 0.968. The molecular weight excluding hydrogens is 278 g/mol. The van der Waals surface area contributed by atoms with E-state index < -0.39 is 0 Å². The lowest BCUT2D eigenvalue weighted by molar-refractivity contribution is 0.598. The molecule has 1 heteroatoms. The van der Waals surface area contributed by atoms with Gasteiger partial charge in [0.05, 0.1) is 0 Å². The maximum Gasteiger partial charge on any atom is 0.0392 e. The SMILES string of the molecule is C/C=C\C(C)=C/C(C)=NCCCCCCCCc1ccccc1. The first-order chi connectivity index (χ1) is 11.2. The van der Waals surface area contributed by atoms with Gasteiger partial charge in [0.2, 0.25) is 0 Å². The minimum atomic E-state index is 0.968. The van der Waals surface area contributed by atoms with Crippen LogP contribution in [0, 0.1) is 0 Å². The number of hydrogen-bond donors (Lipinski definition) is 0. The molecular formula is C22H33N. The Bertz CT molecular complexity index is 494. The first-order valence-electron chi connectivity index (χ1n) is 9.08. The number of unbranched alkanes of at least 4 members (excludes halogenated alkanes) is 5. The number of rotatable bonds is 11. The van der Waals surface area contributed by atoms with Gasteiger partial charge >= 0.3 is 0 Å². The Hall–Kier alpha value is -1.63. The average molecular weight is 312 g/mol. The topological polar surface area (TPSA) is 12.4 Å². The summed E-state index contributed by atoms with van der Waals surface area (Å²) < 4.78 is 0. The van der Waals surface area contributed by atoms with Crippen LogP contribution in [0.15, 0.2) is 59.1 Å². The highest BCUT2D eigenvalue weighted by atomic mass is 14.7. The minimum Gasteiger partial charge on any atom is -0.290 e. The van der Waals surface area contributed by atoms with Crippen molar-refractivity contribution >= 4 is 5.71 Å². The molecule has 1 aromatic rings. The fourth-order valence-corrected chi connectivity index (χ4v) is 2.73. The van der Waals surface area contributed by atoms with Gasteiger partial charge in [-0.15, -0.1) is 0 Å². The Labute approximate surface area is 143 Å². The Kier molecular flexibility index (Phi) is 10.9. The maximum absolute atomic E-state index is 4.63. The summed E-state index contributed by atoms with van der Waals surface area (Å²) in [4.78, 5) is 4.63. The molecule has 23 heavy (non-hydrogen) atoms. The average Bonchev–Trinajstić information content (AvgIpc) is 2.54. The van der Waals surface area contributed by atoms with Gasteiger partial charge in [-0.1, -0.05) is 68.2 Å². The summed E-state index contributed by atoms with van der Waals surface area (Å²) in [6.45, 7) is 7.23. The second kappa shape index (κ2) is 12.9. The summed E-state index contributed by atoms with van der Waals surface area (Å²) in [5.41, 5.74) is 3.88. The van der Waals surface area contributed by atoms with Crippen LogP contribution in [-0.2, 0) is 6.42 Å². The Morgan fingerprint density at radius 3 is 2.26 bits per heavy atom. The molecule has 0 saturated heterocycles. The molecule has 0 saturated carbocycles. The molecule has 0 unspecified atom stereocenters. The van der Waals surface area contributed by atoms with E-state index in [1.165, 1.54) is 56.1 Å². The van der Waals surface area contributed by atoms with Crippen LogP contribution in [0.5, 0.6) is 0 Å².